The normalized spacial score (nSPS) is 24.0. The van der Waals surface area contributed by atoms with E-state index in [1.165, 1.54) is 12.4 Å². The molecule has 1 saturated heterocycles. The van der Waals surface area contributed by atoms with E-state index in [4.69, 9.17) is 10.5 Å². The largest absolute Gasteiger partial charge is 0.382 e. The van der Waals surface area contributed by atoms with Gasteiger partial charge in [0, 0.05) is 6.54 Å². The van der Waals surface area contributed by atoms with Crippen molar-refractivity contribution in [1.82, 2.24) is 14.9 Å². The molecule has 6 nitrogen and oxygen atoms in total. The molecule has 98 valence electrons. The first-order chi connectivity index (χ1) is 8.61. The average molecular weight is 250 g/mol. The van der Waals surface area contributed by atoms with Crippen LogP contribution in [0, 0.1) is 0 Å². The fraction of sp³-hybridized carbons (Fsp3) is 0.583. The van der Waals surface area contributed by atoms with E-state index < -0.39 is 0 Å². The van der Waals surface area contributed by atoms with Gasteiger partial charge in [0.2, 0.25) is 0 Å². The van der Waals surface area contributed by atoms with Crippen LogP contribution < -0.4 is 5.73 Å². The number of morpholine rings is 1. The summed E-state index contributed by atoms with van der Waals surface area (Å²) in [4.78, 5) is 22.1. The number of nitrogen functional groups attached to an aromatic ring is 1. The van der Waals surface area contributed by atoms with Crippen molar-refractivity contribution in [3.05, 3.63) is 18.1 Å². The Hall–Kier alpha value is -1.69. The van der Waals surface area contributed by atoms with E-state index in [-0.39, 0.29) is 18.1 Å². The second-order valence-corrected chi connectivity index (χ2v) is 4.49. The first-order valence-corrected chi connectivity index (χ1v) is 6.12. The fourth-order valence-electron chi connectivity index (χ4n) is 2.03. The van der Waals surface area contributed by atoms with Gasteiger partial charge >= 0.3 is 0 Å². The van der Waals surface area contributed by atoms with Crippen LogP contribution >= 0.6 is 0 Å². The van der Waals surface area contributed by atoms with Crippen molar-refractivity contribution in [3.63, 3.8) is 0 Å². The number of nitrogens with zero attached hydrogens (tertiary/aromatic N) is 3. The molecule has 0 bridgehead atoms. The third-order valence-corrected chi connectivity index (χ3v) is 3.09. The Morgan fingerprint density at radius 3 is 2.94 bits per heavy atom. The maximum atomic E-state index is 12.4. The first-order valence-electron chi connectivity index (χ1n) is 6.12. The van der Waals surface area contributed by atoms with Crippen LogP contribution in [0.5, 0.6) is 0 Å². The molecule has 1 aromatic rings. The lowest BCUT2D eigenvalue weighted by Crippen LogP contribution is -2.51. The molecule has 18 heavy (non-hydrogen) atoms. The zero-order valence-electron chi connectivity index (χ0n) is 10.7. The molecule has 0 aliphatic carbocycles. The van der Waals surface area contributed by atoms with Crippen molar-refractivity contribution in [2.75, 3.05) is 18.9 Å². The Labute approximate surface area is 106 Å². The van der Waals surface area contributed by atoms with E-state index in [0.717, 1.165) is 6.42 Å². The Kier molecular flexibility index (Phi) is 3.76. The van der Waals surface area contributed by atoms with Crippen LogP contribution in [-0.4, -0.2) is 46.1 Å². The summed E-state index contributed by atoms with van der Waals surface area (Å²) in [6, 6.07) is 0.105. The molecular formula is C12H18N4O2. The average Bonchev–Trinajstić information content (AvgIpc) is 2.39. The number of hydrogen-bond acceptors (Lipinski definition) is 5. The molecule has 2 rings (SSSR count). The lowest BCUT2D eigenvalue weighted by Gasteiger charge is -2.38. The van der Waals surface area contributed by atoms with Gasteiger partial charge in [-0.1, -0.05) is 6.92 Å². The number of nitrogens with two attached hydrogens (primary N) is 1. The third-order valence-electron chi connectivity index (χ3n) is 3.09. The van der Waals surface area contributed by atoms with E-state index in [0.29, 0.717) is 24.7 Å². The highest BCUT2D eigenvalue weighted by atomic mass is 16.5. The van der Waals surface area contributed by atoms with Crippen molar-refractivity contribution >= 4 is 11.7 Å². The Morgan fingerprint density at radius 1 is 1.56 bits per heavy atom. The lowest BCUT2D eigenvalue weighted by atomic mass is 10.1. The summed E-state index contributed by atoms with van der Waals surface area (Å²) < 4.78 is 5.57. The molecule has 1 aromatic heterocycles. The van der Waals surface area contributed by atoms with Gasteiger partial charge in [-0.25, -0.2) is 9.97 Å². The number of anilines is 1. The van der Waals surface area contributed by atoms with E-state index in [2.05, 4.69) is 9.97 Å². The first kappa shape index (κ1) is 12.8. The van der Waals surface area contributed by atoms with Crippen LogP contribution in [0.1, 0.15) is 30.8 Å². The highest BCUT2D eigenvalue weighted by molar-refractivity contribution is 5.92. The van der Waals surface area contributed by atoms with Crippen molar-refractivity contribution in [3.8, 4) is 0 Å². The standard InChI is InChI=1S/C12H18N4O2/c1-3-9-7-18-8(2)6-16(9)12(17)10-4-15-11(13)5-14-10/h4-5,8-9H,3,6-7H2,1-2H3,(H2,13,15). The molecule has 0 aromatic carbocycles. The van der Waals surface area contributed by atoms with Gasteiger partial charge in [0.1, 0.15) is 11.5 Å². The number of ether oxygens (including phenoxy) is 1. The molecule has 0 saturated carbocycles. The maximum absolute atomic E-state index is 12.4. The summed E-state index contributed by atoms with van der Waals surface area (Å²) >= 11 is 0. The molecule has 1 fully saturated rings. The van der Waals surface area contributed by atoms with Gasteiger partial charge in [0.05, 0.1) is 31.1 Å². The van der Waals surface area contributed by atoms with Crippen LogP contribution in [0.2, 0.25) is 0 Å². The molecular weight excluding hydrogens is 232 g/mol. The molecule has 0 radical (unpaired) electrons. The van der Waals surface area contributed by atoms with Crippen molar-refractivity contribution in [2.24, 2.45) is 0 Å². The monoisotopic (exact) mass is 250 g/mol. The molecule has 2 N–H and O–H groups in total. The van der Waals surface area contributed by atoms with E-state index >= 15 is 0 Å². The highest BCUT2D eigenvalue weighted by Crippen LogP contribution is 2.16. The summed E-state index contributed by atoms with van der Waals surface area (Å²) in [6.07, 6.45) is 3.74. The maximum Gasteiger partial charge on any atom is 0.274 e. The molecule has 1 aliphatic rings. The zero-order valence-corrected chi connectivity index (χ0v) is 10.7. The summed E-state index contributed by atoms with van der Waals surface area (Å²) in [5.74, 6) is 0.207. The van der Waals surface area contributed by atoms with Crippen LogP contribution in [0.4, 0.5) is 5.82 Å². The number of hydrogen-bond donors (Lipinski definition) is 1. The lowest BCUT2D eigenvalue weighted by molar-refractivity contribution is -0.0446. The second kappa shape index (κ2) is 5.30. The topological polar surface area (TPSA) is 81.3 Å². The third kappa shape index (κ3) is 2.59. The SMILES string of the molecule is CCC1COC(C)CN1C(=O)c1cnc(N)cn1. The molecule has 1 amide bonds. The molecule has 1 aliphatic heterocycles. The quantitative estimate of drug-likeness (QED) is 0.835. The molecule has 6 heteroatoms. The smallest absolute Gasteiger partial charge is 0.274 e. The highest BCUT2D eigenvalue weighted by Gasteiger charge is 2.30. The summed E-state index contributed by atoms with van der Waals surface area (Å²) in [6.45, 7) is 5.16. The van der Waals surface area contributed by atoms with Crippen LogP contribution in [-0.2, 0) is 4.74 Å². The van der Waals surface area contributed by atoms with Gasteiger partial charge in [0.15, 0.2) is 0 Å². The predicted molar refractivity (Wildman–Crippen MR) is 67.0 cm³/mol. The molecule has 2 atom stereocenters. The van der Waals surface area contributed by atoms with E-state index in [9.17, 15) is 4.79 Å². The molecule has 2 heterocycles. The van der Waals surface area contributed by atoms with Gasteiger partial charge < -0.3 is 15.4 Å². The Balaban J connectivity index is 2.17. The van der Waals surface area contributed by atoms with Crippen LogP contribution in [0.25, 0.3) is 0 Å². The van der Waals surface area contributed by atoms with Crippen molar-refractivity contribution in [2.45, 2.75) is 32.4 Å². The van der Waals surface area contributed by atoms with E-state index in [1.54, 1.807) is 0 Å². The minimum atomic E-state index is -0.107. The minimum absolute atomic E-state index is 0.0542. The van der Waals surface area contributed by atoms with E-state index in [1.807, 2.05) is 18.7 Å². The zero-order chi connectivity index (χ0) is 13.1. The van der Waals surface area contributed by atoms with Crippen LogP contribution in [0.3, 0.4) is 0 Å². The number of carbonyl (C=O) groups is 1. The predicted octanol–water partition coefficient (Wildman–Crippen LogP) is 0.698. The Morgan fingerprint density at radius 2 is 2.33 bits per heavy atom. The molecule has 0 spiro atoms. The summed E-state index contributed by atoms with van der Waals surface area (Å²) in [5.41, 5.74) is 5.79. The van der Waals surface area contributed by atoms with Gasteiger partial charge in [-0.15, -0.1) is 0 Å². The Bertz CT molecular complexity index is 421. The fourth-order valence-corrected chi connectivity index (χ4v) is 2.03. The van der Waals surface area contributed by atoms with Gasteiger partial charge in [-0.05, 0) is 13.3 Å². The van der Waals surface area contributed by atoms with Gasteiger partial charge in [-0.3, -0.25) is 4.79 Å². The van der Waals surface area contributed by atoms with Crippen molar-refractivity contribution < 1.29 is 9.53 Å². The van der Waals surface area contributed by atoms with Gasteiger partial charge in [0.25, 0.3) is 5.91 Å². The number of carbonyl (C=O) groups excluding carboxylic acids is 1. The number of amides is 1. The number of aromatic nitrogens is 2. The molecule has 2 unspecified atom stereocenters. The van der Waals surface area contributed by atoms with Crippen molar-refractivity contribution in [1.29, 1.82) is 0 Å². The van der Waals surface area contributed by atoms with Crippen LogP contribution in [0.15, 0.2) is 12.4 Å². The minimum Gasteiger partial charge on any atom is -0.382 e. The van der Waals surface area contributed by atoms with Gasteiger partial charge in [-0.2, -0.15) is 0 Å². The number of rotatable bonds is 2. The summed E-state index contributed by atoms with van der Waals surface area (Å²) in [7, 11) is 0. The summed E-state index contributed by atoms with van der Waals surface area (Å²) in [5, 5.41) is 0. The second-order valence-electron chi connectivity index (χ2n) is 4.49.